The normalized spacial score (nSPS) is 12.0. The predicted molar refractivity (Wildman–Crippen MR) is 149 cm³/mol. The van der Waals surface area contributed by atoms with E-state index in [-0.39, 0.29) is 39.6 Å². The van der Waals surface area contributed by atoms with Crippen molar-refractivity contribution in [3.63, 3.8) is 0 Å². The molecule has 224 valence electrons. The van der Waals surface area contributed by atoms with Crippen molar-refractivity contribution in [1.29, 1.82) is 0 Å². The number of pyridine rings is 1. The van der Waals surface area contributed by atoms with Gasteiger partial charge in [-0.3, -0.25) is 9.36 Å². The Bertz CT molecular complexity index is 1940. The van der Waals surface area contributed by atoms with Crippen LogP contribution < -0.4 is 19.3 Å². The fraction of sp³-hybridized carbons (Fsp3) is 0.172. The number of anilines is 1. The summed E-state index contributed by atoms with van der Waals surface area (Å²) in [6.07, 6.45) is -4.96. The van der Waals surface area contributed by atoms with Crippen molar-refractivity contribution in [2.45, 2.75) is 24.0 Å². The first-order valence-electron chi connectivity index (χ1n) is 12.6. The Balaban J connectivity index is 1.60. The van der Waals surface area contributed by atoms with Crippen molar-refractivity contribution in [2.75, 3.05) is 18.5 Å². The highest BCUT2D eigenvalue weighted by Gasteiger charge is 2.31. The minimum Gasteiger partial charge on any atom is -0.497 e. The maximum absolute atomic E-state index is 14.8. The van der Waals surface area contributed by atoms with E-state index in [1.165, 1.54) is 50.8 Å². The third-order valence-corrected chi connectivity index (χ3v) is 8.34. The Kier molecular flexibility index (Phi) is 7.88. The van der Waals surface area contributed by atoms with Gasteiger partial charge in [0.2, 0.25) is 0 Å². The van der Waals surface area contributed by atoms with Crippen LogP contribution >= 0.6 is 0 Å². The molecule has 0 saturated carbocycles. The van der Waals surface area contributed by atoms with Crippen LogP contribution in [-0.2, 0) is 23.0 Å². The van der Waals surface area contributed by atoms with Crippen molar-refractivity contribution in [3.05, 3.63) is 106 Å². The van der Waals surface area contributed by atoms with Crippen molar-refractivity contribution in [1.82, 2.24) is 9.72 Å². The summed E-state index contributed by atoms with van der Waals surface area (Å²) in [6.45, 7) is -0.100. The Hall–Kier alpha value is -4.85. The molecule has 0 aliphatic rings. The summed E-state index contributed by atoms with van der Waals surface area (Å²) >= 11 is 0. The van der Waals surface area contributed by atoms with Gasteiger partial charge in [-0.25, -0.2) is 17.1 Å². The van der Waals surface area contributed by atoms with Crippen LogP contribution in [-0.4, -0.2) is 38.5 Å². The monoisotopic (exact) mass is 617 g/mol. The van der Waals surface area contributed by atoms with E-state index in [0.29, 0.717) is 11.3 Å². The molecule has 2 heterocycles. The molecule has 2 aromatic heterocycles. The number of halogens is 4. The first kappa shape index (κ1) is 29.6. The lowest BCUT2D eigenvalue weighted by Crippen LogP contribution is -2.31. The van der Waals surface area contributed by atoms with E-state index < -0.39 is 39.6 Å². The van der Waals surface area contributed by atoms with Gasteiger partial charge in [-0.15, -0.1) is 0 Å². The molecule has 0 fully saturated rings. The number of aromatic nitrogens is 2. The van der Waals surface area contributed by atoms with Crippen LogP contribution in [0.25, 0.3) is 16.6 Å². The molecular formula is C29H23F4N3O6S. The first-order chi connectivity index (χ1) is 20.4. The topological polar surface area (TPSA) is 104 Å². The van der Waals surface area contributed by atoms with Gasteiger partial charge in [0.25, 0.3) is 15.6 Å². The van der Waals surface area contributed by atoms with Crippen LogP contribution in [0, 0.1) is 5.82 Å². The van der Waals surface area contributed by atoms with Crippen molar-refractivity contribution < 1.29 is 40.0 Å². The molecule has 0 unspecified atom stereocenters. The zero-order valence-electron chi connectivity index (χ0n) is 22.6. The second kappa shape index (κ2) is 11.4. The van der Waals surface area contributed by atoms with E-state index in [4.69, 9.17) is 14.0 Å². The summed E-state index contributed by atoms with van der Waals surface area (Å²) in [5.74, 6) is -0.742. The molecule has 0 N–H and O–H groups in total. The molecular weight excluding hydrogens is 594 g/mol. The molecule has 5 rings (SSSR count). The molecule has 0 bridgehead atoms. The van der Waals surface area contributed by atoms with Crippen molar-refractivity contribution in [2.24, 2.45) is 0 Å². The lowest BCUT2D eigenvalue weighted by molar-refractivity contribution is -0.127. The van der Waals surface area contributed by atoms with Gasteiger partial charge < -0.3 is 14.0 Å². The van der Waals surface area contributed by atoms with Gasteiger partial charge in [-0.1, -0.05) is 17.3 Å². The molecule has 0 spiro atoms. The molecule has 3 aromatic carbocycles. The van der Waals surface area contributed by atoms with E-state index in [2.05, 4.69) is 5.16 Å². The van der Waals surface area contributed by atoms with Gasteiger partial charge in [0, 0.05) is 29.1 Å². The number of sulfonamides is 1. The molecule has 0 radical (unpaired) electrons. The van der Waals surface area contributed by atoms with Gasteiger partial charge in [0.15, 0.2) is 5.82 Å². The summed E-state index contributed by atoms with van der Waals surface area (Å²) in [6, 6.07) is 16.3. The number of nitrogens with zero attached hydrogens (tertiary/aromatic N) is 3. The summed E-state index contributed by atoms with van der Waals surface area (Å²) in [5, 5.41) is 4.07. The Labute approximate surface area is 242 Å². The van der Waals surface area contributed by atoms with Crippen LogP contribution in [0.1, 0.15) is 11.1 Å². The minimum atomic E-state index is -4.67. The Morgan fingerprint density at radius 1 is 0.953 bits per heavy atom. The highest BCUT2D eigenvalue weighted by molar-refractivity contribution is 7.92. The smallest absolute Gasteiger partial charge is 0.393 e. The predicted octanol–water partition coefficient (Wildman–Crippen LogP) is 5.64. The maximum Gasteiger partial charge on any atom is 0.393 e. The SMILES string of the molecule is COc1ccc(CN(c2ccon2)S(=O)(=O)c2ccc3c(ccc(=O)n3-c3cc(F)c(CC(F)(F)F)cc3OC)c2)cc1. The van der Waals surface area contributed by atoms with Gasteiger partial charge in [-0.2, -0.15) is 13.2 Å². The maximum atomic E-state index is 14.8. The number of hydrogen-bond donors (Lipinski definition) is 0. The van der Waals surface area contributed by atoms with E-state index in [9.17, 15) is 30.8 Å². The lowest BCUT2D eigenvalue weighted by Gasteiger charge is -2.22. The number of ether oxygens (including phenoxy) is 2. The molecule has 0 aliphatic carbocycles. The van der Waals surface area contributed by atoms with Crippen LogP contribution in [0.3, 0.4) is 0 Å². The first-order valence-corrected chi connectivity index (χ1v) is 14.0. The fourth-order valence-electron chi connectivity index (χ4n) is 4.56. The second-order valence-electron chi connectivity index (χ2n) is 9.35. The van der Waals surface area contributed by atoms with Gasteiger partial charge >= 0.3 is 6.18 Å². The van der Waals surface area contributed by atoms with Gasteiger partial charge in [0.05, 0.1) is 43.3 Å². The largest absolute Gasteiger partial charge is 0.497 e. The molecule has 14 heteroatoms. The average Bonchev–Trinajstić information content (AvgIpc) is 3.50. The lowest BCUT2D eigenvalue weighted by atomic mass is 10.1. The number of methoxy groups -OCH3 is 2. The second-order valence-corrected chi connectivity index (χ2v) is 11.2. The number of hydrogen-bond acceptors (Lipinski definition) is 7. The molecule has 0 amide bonds. The van der Waals surface area contributed by atoms with Gasteiger partial charge in [0.1, 0.15) is 23.6 Å². The quantitative estimate of drug-likeness (QED) is 0.197. The number of rotatable bonds is 9. The van der Waals surface area contributed by atoms with Crippen LogP contribution in [0.5, 0.6) is 11.5 Å². The van der Waals surface area contributed by atoms with Gasteiger partial charge in [-0.05, 0) is 48.0 Å². The third-order valence-electron chi connectivity index (χ3n) is 6.60. The molecule has 43 heavy (non-hydrogen) atoms. The molecule has 5 aromatic rings. The number of alkyl halides is 3. The highest BCUT2D eigenvalue weighted by Crippen LogP contribution is 2.33. The third kappa shape index (κ3) is 6.04. The Morgan fingerprint density at radius 2 is 1.70 bits per heavy atom. The van der Waals surface area contributed by atoms with E-state index >= 15 is 0 Å². The van der Waals surface area contributed by atoms with Crippen molar-refractivity contribution in [3.8, 4) is 17.2 Å². The van der Waals surface area contributed by atoms with E-state index in [1.54, 1.807) is 24.3 Å². The van der Waals surface area contributed by atoms with E-state index in [1.807, 2.05) is 0 Å². The number of benzene rings is 3. The minimum absolute atomic E-state index is 0.0278. The molecule has 0 saturated heterocycles. The molecule has 9 nitrogen and oxygen atoms in total. The summed E-state index contributed by atoms with van der Waals surface area (Å²) in [5.41, 5.74) is -0.658. The van der Waals surface area contributed by atoms with E-state index in [0.717, 1.165) is 27.1 Å². The summed E-state index contributed by atoms with van der Waals surface area (Å²) < 4.78 is 98.9. The van der Waals surface area contributed by atoms with Crippen LogP contribution in [0.15, 0.2) is 93.3 Å². The zero-order chi connectivity index (χ0) is 30.9. The standard InChI is InChI=1S/C29H23F4N3O6S/c1-40-21-6-3-18(4-7-21)17-35(27-11-12-42-34-27)43(38,39)22-8-9-24-19(13-22)5-10-28(37)36(24)25-15-23(30)20(14-26(25)41-2)16-29(31,32)33/h3-15H,16-17H2,1-2H3. The fourth-order valence-corrected chi connectivity index (χ4v) is 5.99. The van der Waals surface area contributed by atoms with Crippen LogP contribution in [0.4, 0.5) is 23.4 Å². The Morgan fingerprint density at radius 3 is 2.33 bits per heavy atom. The summed E-state index contributed by atoms with van der Waals surface area (Å²) in [4.78, 5) is 12.8. The number of fused-ring (bicyclic) bond motifs is 1. The zero-order valence-corrected chi connectivity index (χ0v) is 23.4. The molecule has 0 atom stereocenters. The highest BCUT2D eigenvalue weighted by atomic mass is 32.2. The summed E-state index contributed by atoms with van der Waals surface area (Å²) in [7, 11) is -1.57. The molecule has 0 aliphatic heterocycles. The van der Waals surface area contributed by atoms with Crippen LogP contribution in [0.2, 0.25) is 0 Å². The van der Waals surface area contributed by atoms with Crippen molar-refractivity contribution >= 4 is 26.7 Å². The average molecular weight is 618 g/mol.